The lowest BCUT2D eigenvalue weighted by Crippen LogP contribution is -2.20. The second-order valence-electron chi connectivity index (χ2n) is 5.75. The first-order valence-corrected chi connectivity index (χ1v) is 9.31. The number of nitriles is 1. The van der Waals surface area contributed by atoms with Crippen molar-refractivity contribution in [2.45, 2.75) is 25.0 Å². The summed E-state index contributed by atoms with van der Waals surface area (Å²) in [6.07, 6.45) is 0. The number of hydrogen-bond acceptors (Lipinski definition) is 6. The van der Waals surface area contributed by atoms with E-state index in [-0.39, 0.29) is 19.2 Å². The van der Waals surface area contributed by atoms with E-state index < -0.39 is 26.4 Å². The maximum atomic E-state index is 12.5. The van der Waals surface area contributed by atoms with E-state index in [9.17, 15) is 13.7 Å². The lowest BCUT2D eigenvalue weighted by atomic mass is 10.0. The van der Waals surface area contributed by atoms with Crippen molar-refractivity contribution in [2.75, 3.05) is 25.8 Å². The molecular formula is C16H19NO5S. The summed E-state index contributed by atoms with van der Waals surface area (Å²) < 4.78 is 41.0. The summed E-state index contributed by atoms with van der Waals surface area (Å²) in [5, 5.41) is 8.95. The molecule has 0 radical (unpaired) electrons. The van der Waals surface area contributed by atoms with Crippen LogP contribution in [0.3, 0.4) is 0 Å². The minimum atomic E-state index is -3.36. The minimum absolute atomic E-state index is 0.00821. The molecular weight excluding hydrogens is 318 g/mol. The monoisotopic (exact) mass is 337 g/mol. The molecule has 1 heterocycles. The van der Waals surface area contributed by atoms with Crippen LogP contribution < -0.4 is 9.47 Å². The van der Waals surface area contributed by atoms with E-state index in [4.69, 9.17) is 14.2 Å². The van der Waals surface area contributed by atoms with Crippen LogP contribution in [0.15, 0.2) is 18.2 Å². The molecule has 0 N–H and O–H groups in total. The van der Waals surface area contributed by atoms with Crippen LogP contribution in [-0.4, -0.2) is 39.4 Å². The third kappa shape index (κ3) is 2.46. The minimum Gasteiger partial charge on any atom is -0.454 e. The largest absolute Gasteiger partial charge is 0.454 e. The Hall–Kier alpha value is -1.78. The molecule has 1 fully saturated rings. The summed E-state index contributed by atoms with van der Waals surface area (Å²) in [5.74, 6) is 0.828. The Kier molecular flexibility index (Phi) is 3.98. The van der Waals surface area contributed by atoms with E-state index in [1.165, 1.54) is 0 Å². The zero-order valence-electron chi connectivity index (χ0n) is 13.1. The Morgan fingerprint density at radius 1 is 1.35 bits per heavy atom. The number of ether oxygens (including phenoxy) is 3. The van der Waals surface area contributed by atoms with E-state index in [1.54, 1.807) is 25.1 Å². The molecule has 0 aromatic heterocycles. The van der Waals surface area contributed by atoms with E-state index in [0.29, 0.717) is 18.1 Å². The molecule has 23 heavy (non-hydrogen) atoms. The van der Waals surface area contributed by atoms with Gasteiger partial charge in [0.05, 0.1) is 17.9 Å². The zero-order valence-corrected chi connectivity index (χ0v) is 13.9. The fourth-order valence-corrected chi connectivity index (χ4v) is 5.30. The van der Waals surface area contributed by atoms with Crippen molar-refractivity contribution in [3.63, 3.8) is 0 Å². The van der Waals surface area contributed by atoms with E-state index in [1.807, 2.05) is 6.92 Å². The van der Waals surface area contributed by atoms with Crippen LogP contribution in [0.2, 0.25) is 0 Å². The molecule has 0 unspecified atom stereocenters. The quantitative estimate of drug-likeness (QED) is 0.787. The Balaban J connectivity index is 2.00. The molecule has 1 aliphatic carbocycles. The van der Waals surface area contributed by atoms with Crippen molar-refractivity contribution in [1.29, 1.82) is 5.26 Å². The van der Waals surface area contributed by atoms with Gasteiger partial charge < -0.3 is 14.2 Å². The Morgan fingerprint density at radius 2 is 2.09 bits per heavy atom. The van der Waals surface area contributed by atoms with Crippen molar-refractivity contribution in [2.24, 2.45) is 5.41 Å². The summed E-state index contributed by atoms with van der Waals surface area (Å²) in [4.78, 5) is 0. The smallest absolute Gasteiger partial charge is 0.231 e. The summed E-state index contributed by atoms with van der Waals surface area (Å²) in [6, 6.07) is 7.56. The molecule has 1 saturated carbocycles. The number of rotatable bonds is 6. The van der Waals surface area contributed by atoms with Gasteiger partial charge in [-0.05, 0) is 24.6 Å². The molecule has 1 aromatic rings. The molecule has 1 aliphatic heterocycles. The molecule has 3 atom stereocenters. The van der Waals surface area contributed by atoms with Gasteiger partial charge in [-0.1, -0.05) is 13.0 Å². The zero-order chi connectivity index (χ0) is 16.7. The van der Waals surface area contributed by atoms with Gasteiger partial charge >= 0.3 is 0 Å². The van der Waals surface area contributed by atoms with Crippen LogP contribution in [0, 0.1) is 16.7 Å². The predicted molar refractivity (Wildman–Crippen MR) is 83.1 cm³/mol. The molecule has 2 aliphatic rings. The molecule has 6 nitrogen and oxygen atoms in total. The number of sulfone groups is 1. The predicted octanol–water partition coefficient (Wildman–Crippen LogP) is 1.86. The van der Waals surface area contributed by atoms with Gasteiger partial charge in [0.1, 0.15) is 5.41 Å². The van der Waals surface area contributed by atoms with Gasteiger partial charge in [0.25, 0.3) is 0 Å². The first-order valence-electron chi connectivity index (χ1n) is 7.60. The normalized spacial score (nSPS) is 28.4. The molecule has 0 amide bonds. The first-order chi connectivity index (χ1) is 11.0. The average molecular weight is 337 g/mol. The van der Waals surface area contributed by atoms with Crippen LogP contribution in [0.25, 0.3) is 0 Å². The molecule has 1 aromatic carbocycles. The van der Waals surface area contributed by atoms with Crippen LogP contribution in [0.4, 0.5) is 0 Å². The third-order valence-corrected chi connectivity index (χ3v) is 6.83. The van der Waals surface area contributed by atoms with E-state index in [2.05, 4.69) is 6.07 Å². The van der Waals surface area contributed by atoms with Gasteiger partial charge in [-0.25, -0.2) is 8.42 Å². The Morgan fingerprint density at radius 3 is 2.74 bits per heavy atom. The summed E-state index contributed by atoms with van der Waals surface area (Å²) in [7, 11) is -3.36. The Labute approximate surface area is 135 Å². The fraction of sp³-hybridized carbons (Fsp3) is 0.562. The van der Waals surface area contributed by atoms with Crippen molar-refractivity contribution >= 4 is 9.84 Å². The maximum Gasteiger partial charge on any atom is 0.231 e. The topological polar surface area (TPSA) is 85.6 Å². The molecule has 0 saturated heterocycles. The van der Waals surface area contributed by atoms with Gasteiger partial charge in [0.15, 0.2) is 21.3 Å². The SMILES string of the molecule is CCOC[C@]1(C#N)[C@H](c2ccc3c(c2)OCO3)[C@@H]1S(=O)(=O)CC. The third-order valence-electron chi connectivity index (χ3n) is 4.55. The second-order valence-corrected chi connectivity index (χ2v) is 8.16. The molecule has 3 rings (SSSR count). The summed E-state index contributed by atoms with van der Waals surface area (Å²) >= 11 is 0. The van der Waals surface area contributed by atoms with Crippen molar-refractivity contribution in [3.05, 3.63) is 23.8 Å². The fourth-order valence-electron chi connectivity index (χ4n) is 3.30. The van der Waals surface area contributed by atoms with Crippen molar-refractivity contribution in [3.8, 4) is 17.6 Å². The number of benzene rings is 1. The van der Waals surface area contributed by atoms with Crippen LogP contribution >= 0.6 is 0 Å². The van der Waals surface area contributed by atoms with Gasteiger partial charge in [-0.15, -0.1) is 0 Å². The number of fused-ring (bicyclic) bond motifs is 1. The summed E-state index contributed by atoms with van der Waals surface area (Å²) in [5.41, 5.74) is -0.254. The van der Waals surface area contributed by atoms with Crippen LogP contribution in [0.5, 0.6) is 11.5 Å². The summed E-state index contributed by atoms with van der Waals surface area (Å²) in [6.45, 7) is 4.14. The van der Waals surface area contributed by atoms with Crippen LogP contribution in [0.1, 0.15) is 25.3 Å². The average Bonchev–Trinajstić information content (AvgIpc) is 3.01. The molecule has 0 spiro atoms. The van der Waals surface area contributed by atoms with Crippen LogP contribution in [-0.2, 0) is 14.6 Å². The number of hydrogen-bond donors (Lipinski definition) is 0. The van der Waals surface area contributed by atoms with Crippen molar-refractivity contribution < 1.29 is 22.6 Å². The Bertz CT molecular complexity index is 754. The molecule has 7 heteroatoms. The van der Waals surface area contributed by atoms with Crippen molar-refractivity contribution in [1.82, 2.24) is 0 Å². The highest BCUT2D eigenvalue weighted by Crippen LogP contribution is 2.63. The molecule has 0 bridgehead atoms. The van der Waals surface area contributed by atoms with E-state index >= 15 is 0 Å². The highest BCUT2D eigenvalue weighted by Gasteiger charge is 2.71. The highest BCUT2D eigenvalue weighted by atomic mass is 32.2. The van der Waals surface area contributed by atoms with Gasteiger partial charge in [0, 0.05) is 18.3 Å². The number of nitrogens with zero attached hydrogens (tertiary/aromatic N) is 1. The standard InChI is InChI=1S/C16H19NO5S/c1-3-20-9-16(8-17)14(15(16)23(18,19)4-2)11-5-6-12-13(7-11)22-10-21-12/h5-7,14-15H,3-4,9-10H2,1-2H3/t14-,15+,16-/m1/s1. The molecule has 124 valence electrons. The van der Waals surface area contributed by atoms with Gasteiger partial charge in [-0.2, -0.15) is 5.26 Å². The van der Waals surface area contributed by atoms with E-state index in [0.717, 1.165) is 5.56 Å². The lowest BCUT2D eigenvalue weighted by molar-refractivity contribution is 0.117. The van der Waals surface area contributed by atoms with Gasteiger partial charge in [0.2, 0.25) is 6.79 Å². The second kappa shape index (κ2) is 5.69. The maximum absolute atomic E-state index is 12.5. The lowest BCUT2D eigenvalue weighted by Gasteiger charge is -2.09. The highest BCUT2D eigenvalue weighted by molar-refractivity contribution is 7.92. The van der Waals surface area contributed by atoms with Gasteiger partial charge in [-0.3, -0.25) is 0 Å². The first kappa shape index (κ1) is 16.1.